The first-order valence-electron chi connectivity index (χ1n) is 10.2. The van der Waals surface area contributed by atoms with E-state index in [1.54, 1.807) is 6.20 Å². The lowest BCUT2D eigenvalue weighted by Crippen LogP contribution is -2.25. The summed E-state index contributed by atoms with van der Waals surface area (Å²) in [5.74, 6) is 0.263. The van der Waals surface area contributed by atoms with E-state index in [1.165, 1.54) is 6.33 Å². The van der Waals surface area contributed by atoms with Gasteiger partial charge in [0, 0.05) is 31.1 Å². The molecule has 0 atom stereocenters. The Balaban J connectivity index is 1.46. The van der Waals surface area contributed by atoms with Crippen LogP contribution >= 0.6 is 0 Å². The third-order valence-corrected chi connectivity index (χ3v) is 5.06. The molecular formula is C22H23N5O4. The summed E-state index contributed by atoms with van der Waals surface area (Å²) in [6.45, 7) is 2.39. The largest absolute Gasteiger partial charge is 0.486 e. The van der Waals surface area contributed by atoms with Crippen LogP contribution in [0.15, 0.2) is 30.7 Å². The molecule has 31 heavy (non-hydrogen) atoms. The van der Waals surface area contributed by atoms with Gasteiger partial charge in [-0.3, -0.25) is 14.4 Å². The van der Waals surface area contributed by atoms with Gasteiger partial charge in [0.15, 0.2) is 11.5 Å². The number of H-pyrrole nitrogens is 1. The van der Waals surface area contributed by atoms with Crippen LogP contribution in [0.3, 0.4) is 0 Å². The Bertz CT molecular complexity index is 1150. The van der Waals surface area contributed by atoms with Gasteiger partial charge < -0.3 is 20.4 Å². The van der Waals surface area contributed by atoms with Crippen LogP contribution in [0, 0.1) is 0 Å². The molecule has 0 spiro atoms. The van der Waals surface area contributed by atoms with Crippen molar-refractivity contribution >= 4 is 34.3 Å². The average molecular weight is 421 g/mol. The number of hydrogen-bond donors (Lipinski definition) is 3. The van der Waals surface area contributed by atoms with E-state index in [0.717, 1.165) is 24.0 Å². The number of aromatic nitrogens is 3. The van der Waals surface area contributed by atoms with Gasteiger partial charge in [0.1, 0.15) is 24.2 Å². The predicted octanol–water partition coefficient (Wildman–Crippen LogP) is 2.52. The number of hydrogen-bond acceptors (Lipinski definition) is 6. The summed E-state index contributed by atoms with van der Waals surface area (Å²) in [5, 5.41) is 5.67. The van der Waals surface area contributed by atoms with Crippen molar-refractivity contribution in [3.63, 3.8) is 0 Å². The lowest BCUT2D eigenvalue weighted by atomic mass is 10.0. The van der Waals surface area contributed by atoms with Crippen molar-refractivity contribution in [2.45, 2.75) is 39.2 Å². The Kier molecular flexibility index (Phi) is 5.92. The van der Waals surface area contributed by atoms with Crippen molar-refractivity contribution < 1.29 is 19.1 Å². The quantitative estimate of drug-likeness (QED) is 0.538. The molecule has 0 saturated heterocycles. The maximum Gasteiger partial charge on any atom is 0.272 e. The summed E-state index contributed by atoms with van der Waals surface area (Å²) < 4.78 is 5.40. The summed E-state index contributed by atoms with van der Waals surface area (Å²) >= 11 is 0. The zero-order valence-corrected chi connectivity index (χ0v) is 17.2. The summed E-state index contributed by atoms with van der Waals surface area (Å²) in [5.41, 5.74) is 3.32. The number of carbonyl (C=O) groups is 3. The number of benzene rings is 1. The molecule has 2 aromatic heterocycles. The Morgan fingerprint density at radius 2 is 2.13 bits per heavy atom. The monoisotopic (exact) mass is 421 g/mol. The van der Waals surface area contributed by atoms with Gasteiger partial charge in [0.05, 0.1) is 11.2 Å². The van der Waals surface area contributed by atoms with Crippen LogP contribution < -0.4 is 15.4 Å². The standard InChI is InChI=1S/C22H23N5O4/c1-2-3-4-18(29)27-16-10-23-20-19(16)25-12-26-21(20)22(30)24-9-13-5-6-17-14(7-13)8-15(28)11-31-17/h5-7,10,12,23H,2-4,8-9,11H2,1H3,(H,24,30)(H,27,29). The van der Waals surface area contributed by atoms with Crippen molar-refractivity contribution in [1.82, 2.24) is 20.3 Å². The first kappa shape index (κ1) is 20.5. The minimum Gasteiger partial charge on any atom is -0.486 e. The first-order valence-corrected chi connectivity index (χ1v) is 10.2. The van der Waals surface area contributed by atoms with E-state index in [-0.39, 0.29) is 36.4 Å². The average Bonchev–Trinajstić information content (AvgIpc) is 3.18. The van der Waals surface area contributed by atoms with Gasteiger partial charge in [-0.1, -0.05) is 19.4 Å². The van der Waals surface area contributed by atoms with E-state index in [0.29, 0.717) is 35.3 Å². The minimum atomic E-state index is -0.372. The number of unbranched alkanes of at least 4 members (excludes halogenated alkanes) is 1. The Morgan fingerprint density at radius 1 is 1.26 bits per heavy atom. The molecule has 9 heteroatoms. The summed E-state index contributed by atoms with van der Waals surface area (Å²) in [6, 6.07) is 5.52. The number of anilines is 1. The highest BCUT2D eigenvalue weighted by atomic mass is 16.5. The van der Waals surface area contributed by atoms with Crippen LogP contribution in [0.4, 0.5) is 5.69 Å². The molecule has 0 radical (unpaired) electrons. The molecule has 0 saturated carbocycles. The molecule has 3 N–H and O–H groups in total. The molecule has 1 aliphatic rings. The maximum atomic E-state index is 12.8. The van der Waals surface area contributed by atoms with Gasteiger partial charge in [-0.25, -0.2) is 9.97 Å². The molecule has 1 aliphatic heterocycles. The van der Waals surface area contributed by atoms with Crippen molar-refractivity contribution in [2.75, 3.05) is 11.9 Å². The molecular weight excluding hydrogens is 398 g/mol. The molecule has 0 aliphatic carbocycles. The van der Waals surface area contributed by atoms with Crippen LogP contribution in [0.1, 0.15) is 47.8 Å². The second-order valence-corrected chi connectivity index (χ2v) is 7.43. The number of ketones is 1. The molecule has 160 valence electrons. The van der Waals surface area contributed by atoms with Crippen molar-refractivity contribution in [3.05, 3.63) is 47.5 Å². The topological polar surface area (TPSA) is 126 Å². The maximum absolute atomic E-state index is 12.8. The fraction of sp³-hybridized carbons (Fsp3) is 0.318. The van der Waals surface area contributed by atoms with Gasteiger partial charge in [0.25, 0.3) is 5.91 Å². The number of rotatable bonds is 7. The van der Waals surface area contributed by atoms with Crippen LogP contribution in [-0.2, 0) is 22.6 Å². The van der Waals surface area contributed by atoms with Crippen LogP contribution in [0.25, 0.3) is 11.0 Å². The van der Waals surface area contributed by atoms with E-state index < -0.39 is 0 Å². The second kappa shape index (κ2) is 8.95. The van der Waals surface area contributed by atoms with Crippen LogP contribution in [0.2, 0.25) is 0 Å². The lowest BCUT2D eigenvalue weighted by Gasteiger charge is -2.17. The van der Waals surface area contributed by atoms with Gasteiger partial charge in [-0.2, -0.15) is 0 Å². The van der Waals surface area contributed by atoms with Crippen molar-refractivity contribution in [3.8, 4) is 5.75 Å². The molecule has 9 nitrogen and oxygen atoms in total. The molecule has 0 fully saturated rings. The Labute approximate surface area is 178 Å². The Morgan fingerprint density at radius 3 is 2.97 bits per heavy atom. The summed E-state index contributed by atoms with van der Waals surface area (Å²) in [4.78, 5) is 47.7. The molecule has 2 amide bonds. The van der Waals surface area contributed by atoms with E-state index in [4.69, 9.17) is 4.74 Å². The number of nitrogens with one attached hydrogen (secondary N) is 3. The third kappa shape index (κ3) is 4.55. The highest BCUT2D eigenvalue weighted by molar-refractivity contribution is 6.07. The second-order valence-electron chi connectivity index (χ2n) is 7.43. The minimum absolute atomic E-state index is 0.0291. The molecule has 3 aromatic rings. The number of Topliss-reactive ketones (excluding diaryl/α,β-unsaturated/α-hetero) is 1. The fourth-order valence-corrected chi connectivity index (χ4v) is 3.47. The smallest absolute Gasteiger partial charge is 0.272 e. The number of fused-ring (bicyclic) bond motifs is 2. The van der Waals surface area contributed by atoms with Crippen LogP contribution in [0.5, 0.6) is 5.75 Å². The molecule has 4 rings (SSSR count). The zero-order valence-electron chi connectivity index (χ0n) is 17.2. The van der Waals surface area contributed by atoms with Crippen molar-refractivity contribution in [2.24, 2.45) is 0 Å². The molecule has 1 aromatic carbocycles. The number of nitrogens with zero attached hydrogens (tertiary/aromatic N) is 2. The van der Waals surface area contributed by atoms with Crippen molar-refractivity contribution in [1.29, 1.82) is 0 Å². The first-order chi connectivity index (χ1) is 15.0. The van der Waals surface area contributed by atoms with Crippen LogP contribution in [-0.4, -0.2) is 39.2 Å². The number of amides is 2. The number of carbonyl (C=O) groups excluding carboxylic acids is 3. The van der Waals surface area contributed by atoms with Gasteiger partial charge in [-0.15, -0.1) is 0 Å². The summed E-state index contributed by atoms with van der Waals surface area (Å²) in [6.07, 6.45) is 5.41. The third-order valence-electron chi connectivity index (χ3n) is 5.06. The Hall–Kier alpha value is -3.75. The molecule has 3 heterocycles. The van der Waals surface area contributed by atoms with E-state index in [1.807, 2.05) is 25.1 Å². The van der Waals surface area contributed by atoms with E-state index in [2.05, 4.69) is 25.6 Å². The number of ether oxygens (including phenoxy) is 1. The molecule has 0 unspecified atom stereocenters. The normalized spacial score (nSPS) is 12.9. The van der Waals surface area contributed by atoms with E-state index in [9.17, 15) is 14.4 Å². The number of aromatic amines is 1. The SMILES string of the molecule is CCCCC(=O)Nc1c[nH]c2c(C(=O)NCc3ccc4c(c3)CC(=O)CO4)ncnc12. The fourth-order valence-electron chi connectivity index (χ4n) is 3.47. The van der Waals surface area contributed by atoms with Gasteiger partial charge in [-0.05, 0) is 24.1 Å². The lowest BCUT2D eigenvalue weighted by molar-refractivity contribution is -0.121. The highest BCUT2D eigenvalue weighted by Gasteiger charge is 2.19. The van der Waals surface area contributed by atoms with Gasteiger partial charge >= 0.3 is 0 Å². The molecule has 0 bridgehead atoms. The van der Waals surface area contributed by atoms with E-state index >= 15 is 0 Å². The predicted molar refractivity (Wildman–Crippen MR) is 114 cm³/mol. The zero-order chi connectivity index (χ0) is 21.8. The summed E-state index contributed by atoms with van der Waals surface area (Å²) in [7, 11) is 0. The van der Waals surface area contributed by atoms with Gasteiger partial charge in [0.2, 0.25) is 5.91 Å². The highest BCUT2D eigenvalue weighted by Crippen LogP contribution is 2.25.